The number of pyridine rings is 1. The van der Waals surface area contributed by atoms with Gasteiger partial charge in [0.05, 0.1) is 19.0 Å². The number of aryl methyl sites for hydroxylation is 3. The molecule has 2 aromatic rings. The molecular weight excluding hydrogens is 236 g/mol. The van der Waals surface area contributed by atoms with Gasteiger partial charge in [-0.3, -0.25) is 0 Å². The van der Waals surface area contributed by atoms with Gasteiger partial charge in [-0.2, -0.15) is 0 Å². The first-order valence-corrected chi connectivity index (χ1v) is 6.41. The summed E-state index contributed by atoms with van der Waals surface area (Å²) < 4.78 is 5.04. The maximum absolute atomic E-state index is 5.04. The molecule has 0 saturated heterocycles. The van der Waals surface area contributed by atoms with Gasteiger partial charge in [0.15, 0.2) is 0 Å². The van der Waals surface area contributed by atoms with E-state index in [1.165, 1.54) is 22.3 Å². The van der Waals surface area contributed by atoms with E-state index in [4.69, 9.17) is 4.74 Å². The Hall–Kier alpha value is -2.03. The zero-order valence-corrected chi connectivity index (χ0v) is 11.9. The van der Waals surface area contributed by atoms with E-state index in [1.807, 2.05) is 12.1 Å². The lowest BCUT2D eigenvalue weighted by Gasteiger charge is -2.13. The van der Waals surface area contributed by atoms with Crippen LogP contribution in [0.4, 0.5) is 5.69 Å². The SMILES string of the molecule is COc1ccc(NCc2c(C)cc(C)cc2C)cn1. The van der Waals surface area contributed by atoms with Crippen LogP contribution in [0.25, 0.3) is 0 Å². The van der Waals surface area contributed by atoms with E-state index in [1.54, 1.807) is 13.3 Å². The van der Waals surface area contributed by atoms with Crippen molar-refractivity contribution in [1.29, 1.82) is 0 Å². The summed E-state index contributed by atoms with van der Waals surface area (Å²) in [6.45, 7) is 7.25. The number of anilines is 1. The molecule has 1 aromatic heterocycles. The number of hydrogen-bond acceptors (Lipinski definition) is 3. The molecule has 100 valence electrons. The van der Waals surface area contributed by atoms with Gasteiger partial charge in [0.2, 0.25) is 5.88 Å². The molecule has 0 saturated carbocycles. The average molecular weight is 256 g/mol. The summed E-state index contributed by atoms with van der Waals surface area (Å²) in [7, 11) is 1.62. The minimum Gasteiger partial charge on any atom is -0.481 e. The van der Waals surface area contributed by atoms with Gasteiger partial charge in [0.1, 0.15) is 0 Å². The fourth-order valence-electron chi connectivity index (χ4n) is 2.28. The summed E-state index contributed by atoms with van der Waals surface area (Å²) >= 11 is 0. The van der Waals surface area contributed by atoms with E-state index in [2.05, 4.69) is 43.2 Å². The summed E-state index contributed by atoms with van der Waals surface area (Å²) in [6, 6.07) is 8.27. The number of rotatable bonds is 4. The van der Waals surface area contributed by atoms with E-state index in [0.29, 0.717) is 5.88 Å². The van der Waals surface area contributed by atoms with Crippen LogP contribution in [-0.2, 0) is 6.54 Å². The highest BCUT2D eigenvalue weighted by atomic mass is 16.5. The number of nitrogens with one attached hydrogen (secondary N) is 1. The van der Waals surface area contributed by atoms with Gasteiger partial charge in [-0.1, -0.05) is 17.7 Å². The highest BCUT2D eigenvalue weighted by molar-refractivity contribution is 5.45. The Morgan fingerprint density at radius 2 is 1.79 bits per heavy atom. The first kappa shape index (κ1) is 13.4. The maximum Gasteiger partial charge on any atom is 0.213 e. The Balaban J connectivity index is 2.10. The molecule has 3 heteroatoms. The number of aromatic nitrogens is 1. The fraction of sp³-hybridized carbons (Fsp3) is 0.312. The lowest BCUT2D eigenvalue weighted by molar-refractivity contribution is 0.398. The van der Waals surface area contributed by atoms with Gasteiger partial charge < -0.3 is 10.1 Å². The molecule has 0 atom stereocenters. The first-order valence-electron chi connectivity index (χ1n) is 6.41. The van der Waals surface area contributed by atoms with E-state index in [-0.39, 0.29) is 0 Å². The Kier molecular flexibility index (Phi) is 4.05. The molecule has 3 nitrogen and oxygen atoms in total. The zero-order valence-electron chi connectivity index (χ0n) is 11.9. The van der Waals surface area contributed by atoms with Crippen LogP contribution in [-0.4, -0.2) is 12.1 Å². The monoisotopic (exact) mass is 256 g/mol. The Labute approximate surface area is 114 Å². The van der Waals surface area contributed by atoms with Crippen LogP contribution < -0.4 is 10.1 Å². The molecule has 0 amide bonds. The molecule has 2 rings (SSSR count). The second kappa shape index (κ2) is 5.74. The third-order valence-corrected chi connectivity index (χ3v) is 3.26. The largest absolute Gasteiger partial charge is 0.481 e. The predicted molar refractivity (Wildman–Crippen MR) is 78.8 cm³/mol. The highest BCUT2D eigenvalue weighted by Crippen LogP contribution is 2.18. The minimum absolute atomic E-state index is 0.633. The third kappa shape index (κ3) is 3.25. The fourth-order valence-corrected chi connectivity index (χ4v) is 2.28. The number of ether oxygens (including phenoxy) is 1. The molecule has 1 heterocycles. The van der Waals surface area contributed by atoms with Crippen molar-refractivity contribution in [2.24, 2.45) is 0 Å². The van der Waals surface area contributed by atoms with Gasteiger partial charge >= 0.3 is 0 Å². The van der Waals surface area contributed by atoms with Crippen molar-refractivity contribution in [1.82, 2.24) is 4.98 Å². The Bertz CT molecular complexity index is 538. The van der Waals surface area contributed by atoms with Gasteiger partial charge in [0.25, 0.3) is 0 Å². The minimum atomic E-state index is 0.633. The number of hydrogen-bond donors (Lipinski definition) is 1. The van der Waals surface area contributed by atoms with Gasteiger partial charge in [-0.25, -0.2) is 4.98 Å². The summed E-state index contributed by atoms with van der Waals surface area (Å²) in [5, 5.41) is 3.40. The van der Waals surface area contributed by atoms with E-state index in [9.17, 15) is 0 Å². The Morgan fingerprint density at radius 3 is 2.32 bits per heavy atom. The van der Waals surface area contributed by atoms with E-state index < -0.39 is 0 Å². The van der Waals surface area contributed by atoms with Crippen molar-refractivity contribution < 1.29 is 4.74 Å². The smallest absolute Gasteiger partial charge is 0.213 e. The standard InChI is InChI=1S/C16H20N2O/c1-11-7-12(2)15(13(3)8-11)10-17-14-5-6-16(19-4)18-9-14/h5-9,17H,10H2,1-4H3. The van der Waals surface area contributed by atoms with Gasteiger partial charge in [-0.15, -0.1) is 0 Å². The summed E-state index contributed by atoms with van der Waals surface area (Å²) in [5.74, 6) is 0.633. The van der Waals surface area contributed by atoms with Gasteiger partial charge in [-0.05, 0) is 43.5 Å². The van der Waals surface area contributed by atoms with E-state index >= 15 is 0 Å². The molecule has 0 fully saturated rings. The molecule has 19 heavy (non-hydrogen) atoms. The summed E-state index contributed by atoms with van der Waals surface area (Å²) in [6.07, 6.45) is 1.79. The molecule has 0 aliphatic heterocycles. The van der Waals surface area contributed by atoms with Crippen LogP contribution in [0.5, 0.6) is 5.88 Å². The average Bonchev–Trinajstić information content (AvgIpc) is 2.38. The number of nitrogens with zero attached hydrogens (tertiary/aromatic N) is 1. The van der Waals surface area contributed by atoms with Crippen LogP contribution in [0.2, 0.25) is 0 Å². The van der Waals surface area contributed by atoms with Crippen molar-refractivity contribution >= 4 is 5.69 Å². The molecule has 0 aliphatic rings. The molecule has 1 N–H and O–H groups in total. The maximum atomic E-state index is 5.04. The summed E-state index contributed by atoms with van der Waals surface area (Å²) in [5.41, 5.74) is 6.31. The van der Waals surface area contributed by atoms with Crippen LogP contribution in [0.1, 0.15) is 22.3 Å². The summed E-state index contributed by atoms with van der Waals surface area (Å²) in [4.78, 5) is 4.18. The topological polar surface area (TPSA) is 34.1 Å². The normalized spacial score (nSPS) is 10.3. The second-order valence-corrected chi connectivity index (χ2v) is 4.82. The lowest BCUT2D eigenvalue weighted by Crippen LogP contribution is -2.04. The van der Waals surface area contributed by atoms with Gasteiger partial charge in [0, 0.05) is 12.6 Å². The van der Waals surface area contributed by atoms with Crippen LogP contribution in [0.15, 0.2) is 30.5 Å². The quantitative estimate of drug-likeness (QED) is 0.907. The zero-order chi connectivity index (χ0) is 13.8. The van der Waals surface area contributed by atoms with Crippen molar-refractivity contribution in [2.45, 2.75) is 27.3 Å². The van der Waals surface area contributed by atoms with Crippen molar-refractivity contribution in [2.75, 3.05) is 12.4 Å². The second-order valence-electron chi connectivity index (χ2n) is 4.82. The van der Waals surface area contributed by atoms with Crippen molar-refractivity contribution in [3.8, 4) is 5.88 Å². The number of benzene rings is 1. The third-order valence-electron chi connectivity index (χ3n) is 3.26. The lowest BCUT2D eigenvalue weighted by atomic mass is 10.00. The van der Waals surface area contributed by atoms with Crippen molar-refractivity contribution in [3.63, 3.8) is 0 Å². The Morgan fingerprint density at radius 1 is 1.11 bits per heavy atom. The highest BCUT2D eigenvalue weighted by Gasteiger charge is 2.04. The molecule has 0 aliphatic carbocycles. The van der Waals surface area contributed by atoms with Crippen LogP contribution >= 0.6 is 0 Å². The van der Waals surface area contributed by atoms with Crippen LogP contribution in [0, 0.1) is 20.8 Å². The van der Waals surface area contributed by atoms with E-state index in [0.717, 1.165) is 12.2 Å². The first-order chi connectivity index (χ1) is 9.10. The molecule has 1 aromatic carbocycles. The predicted octanol–water partition coefficient (Wildman–Crippen LogP) is 3.63. The van der Waals surface area contributed by atoms with Crippen LogP contribution in [0.3, 0.4) is 0 Å². The van der Waals surface area contributed by atoms with Crippen molar-refractivity contribution in [3.05, 3.63) is 52.7 Å². The molecule has 0 radical (unpaired) electrons. The molecular formula is C16H20N2O. The number of methoxy groups -OCH3 is 1. The molecule has 0 bridgehead atoms. The molecule has 0 spiro atoms. The molecule has 0 unspecified atom stereocenters.